The zero-order chi connectivity index (χ0) is 28.2. The van der Waals surface area contributed by atoms with Crippen LogP contribution in [0.15, 0.2) is 94.8 Å². The van der Waals surface area contributed by atoms with Gasteiger partial charge in [0, 0.05) is 0 Å². The molecular formula is C32H26FIN2O3S. The lowest BCUT2D eigenvalue weighted by atomic mass is 10.1. The van der Waals surface area contributed by atoms with Crippen molar-refractivity contribution >= 4 is 62.9 Å². The smallest absolute Gasteiger partial charge is 0.271 e. The van der Waals surface area contributed by atoms with Crippen LogP contribution >= 0.6 is 34.4 Å². The molecule has 5 rings (SSSR count). The second-order valence-corrected chi connectivity index (χ2v) is 11.4. The highest BCUT2D eigenvalue weighted by atomic mass is 127. The van der Waals surface area contributed by atoms with Gasteiger partial charge in [-0.3, -0.25) is 9.69 Å². The number of anilines is 1. The highest BCUT2D eigenvalue weighted by molar-refractivity contribution is 14.1. The largest absolute Gasteiger partial charge is 0.493 e. The molecule has 4 aromatic rings. The second-order valence-electron chi connectivity index (χ2n) is 9.27. The molecule has 5 nitrogen and oxygen atoms in total. The van der Waals surface area contributed by atoms with E-state index in [1.54, 1.807) is 24.1 Å². The Hall–Kier alpha value is -3.63. The van der Waals surface area contributed by atoms with Crippen molar-refractivity contribution in [2.24, 2.45) is 4.99 Å². The van der Waals surface area contributed by atoms with E-state index in [1.807, 2.05) is 80.6 Å². The van der Waals surface area contributed by atoms with Crippen molar-refractivity contribution in [3.63, 3.8) is 0 Å². The van der Waals surface area contributed by atoms with Crippen molar-refractivity contribution in [1.82, 2.24) is 0 Å². The number of hydrogen-bond acceptors (Lipinski definition) is 5. The van der Waals surface area contributed by atoms with E-state index in [4.69, 9.17) is 14.5 Å². The summed E-state index contributed by atoms with van der Waals surface area (Å²) in [4.78, 5) is 20.7. The van der Waals surface area contributed by atoms with E-state index in [0.717, 1.165) is 31.6 Å². The van der Waals surface area contributed by atoms with Gasteiger partial charge in [0.1, 0.15) is 12.4 Å². The lowest BCUT2D eigenvalue weighted by molar-refractivity contribution is -0.113. The van der Waals surface area contributed by atoms with Crippen LogP contribution in [-0.2, 0) is 11.4 Å². The second kappa shape index (κ2) is 12.3. The number of hydrogen-bond donors (Lipinski definition) is 0. The molecule has 1 aliphatic heterocycles. The van der Waals surface area contributed by atoms with Gasteiger partial charge >= 0.3 is 0 Å². The van der Waals surface area contributed by atoms with E-state index in [-0.39, 0.29) is 18.3 Å². The third-order valence-electron chi connectivity index (χ3n) is 6.18. The van der Waals surface area contributed by atoms with Crippen LogP contribution < -0.4 is 14.4 Å². The first-order chi connectivity index (χ1) is 19.3. The molecule has 0 radical (unpaired) electrons. The molecule has 8 heteroatoms. The molecule has 202 valence electrons. The summed E-state index contributed by atoms with van der Waals surface area (Å²) in [7, 11) is 1.57. The molecule has 1 saturated heterocycles. The molecule has 1 fully saturated rings. The summed E-state index contributed by atoms with van der Waals surface area (Å²) in [6.45, 7) is 4.23. The minimum atomic E-state index is -0.312. The Morgan fingerprint density at radius 1 is 0.975 bits per heavy atom. The predicted molar refractivity (Wildman–Crippen MR) is 169 cm³/mol. The topological polar surface area (TPSA) is 51.1 Å². The summed E-state index contributed by atoms with van der Waals surface area (Å²) in [6, 6.07) is 25.8. The van der Waals surface area contributed by atoms with Gasteiger partial charge in [-0.1, -0.05) is 47.5 Å². The minimum absolute atomic E-state index is 0.153. The Morgan fingerprint density at radius 2 is 1.68 bits per heavy atom. The first kappa shape index (κ1) is 27.9. The molecule has 0 atom stereocenters. The van der Waals surface area contributed by atoms with Gasteiger partial charge in [0.15, 0.2) is 16.7 Å². The molecular weight excluding hydrogens is 638 g/mol. The van der Waals surface area contributed by atoms with Crippen LogP contribution in [0.5, 0.6) is 11.5 Å². The average Bonchev–Trinajstić information content (AvgIpc) is 3.23. The molecule has 40 heavy (non-hydrogen) atoms. The molecule has 0 bridgehead atoms. The Labute approximate surface area is 250 Å². The molecule has 0 saturated carbocycles. The fourth-order valence-corrected chi connectivity index (χ4v) is 5.88. The Bertz CT molecular complexity index is 1620. The summed E-state index contributed by atoms with van der Waals surface area (Å²) >= 11 is 3.51. The van der Waals surface area contributed by atoms with Gasteiger partial charge in [-0.05, 0) is 114 Å². The number of methoxy groups -OCH3 is 1. The van der Waals surface area contributed by atoms with Crippen LogP contribution in [0.1, 0.15) is 22.3 Å². The highest BCUT2D eigenvalue weighted by Gasteiger charge is 2.35. The van der Waals surface area contributed by atoms with E-state index in [9.17, 15) is 9.18 Å². The van der Waals surface area contributed by atoms with E-state index in [2.05, 4.69) is 22.6 Å². The molecule has 0 spiro atoms. The van der Waals surface area contributed by atoms with Gasteiger partial charge in [0.25, 0.3) is 5.91 Å². The normalized spacial score (nSPS) is 15.2. The van der Waals surface area contributed by atoms with Crippen molar-refractivity contribution < 1.29 is 18.7 Å². The van der Waals surface area contributed by atoms with Gasteiger partial charge in [-0.15, -0.1) is 0 Å². The lowest BCUT2D eigenvalue weighted by Crippen LogP contribution is -2.28. The maximum Gasteiger partial charge on any atom is 0.271 e. The van der Waals surface area contributed by atoms with Gasteiger partial charge in [0.2, 0.25) is 0 Å². The van der Waals surface area contributed by atoms with Crippen LogP contribution in [0, 0.1) is 23.2 Å². The Morgan fingerprint density at radius 3 is 2.35 bits per heavy atom. The molecule has 1 heterocycles. The van der Waals surface area contributed by atoms with Crippen LogP contribution in [0.4, 0.5) is 15.8 Å². The van der Waals surface area contributed by atoms with Crippen LogP contribution in [0.2, 0.25) is 0 Å². The summed E-state index contributed by atoms with van der Waals surface area (Å²) in [5.74, 6) is 0.617. The first-order valence-electron chi connectivity index (χ1n) is 12.5. The summed E-state index contributed by atoms with van der Waals surface area (Å²) in [5, 5.41) is 0.584. The van der Waals surface area contributed by atoms with Crippen LogP contribution in [-0.4, -0.2) is 18.2 Å². The van der Waals surface area contributed by atoms with Gasteiger partial charge < -0.3 is 9.47 Å². The predicted octanol–water partition coefficient (Wildman–Crippen LogP) is 8.44. The third kappa shape index (κ3) is 6.39. The molecule has 1 aliphatic rings. The van der Waals surface area contributed by atoms with Gasteiger partial charge in [0.05, 0.1) is 27.0 Å². The zero-order valence-corrected chi connectivity index (χ0v) is 25.1. The van der Waals surface area contributed by atoms with E-state index >= 15 is 0 Å². The molecule has 0 aromatic heterocycles. The van der Waals surface area contributed by atoms with E-state index in [1.165, 1.54) is 23.9 Å². The standard InChI is InChI=1S/C32H26FIN2O3S/c1-20-7-11-25(12-8-20)35-32-36(26-13-9-21(2)10-14-26)31(37)29(40-32)18-23-16-27(34)30(28(17-23)38-3)39-19-22-5-4-6-24(33)15-22/h4-18H,19H2,1-3H3/b29-18-,35-32?. The maximum absolute atomic E-state index is 13.7. The number of ether oxygens (including phenoxy) is 2. The number of nitrogens with zero attached hydrogens (tertiary/aromatic N) is 2. The molecule has 4 aromatic carbocycles. The summed E-state index contributed by atoms with van der Waals surface area (Å²) in [6.07, 6.45) is 1.84. The SMILES string of the molecule is COc1cc(/C=C2\SC(=Nc3ccc(C)cc3)N(c3ccc(C)cc3)C2=O)cc(I)c1OCc1cccc(F)c1. The number of amidine groups is 1. The van der Waals surface area contributed by atoms with Crippen LogP contribution in [0.25, 0.3) is 6.08 Å². The Kier molecular flexibility index (Phi) is 8.56. The van der Waals surface area contributed by atoms with E-state index < -0.39 is 0 Å². The molecule has 0 N–H and O–H groups in total. The number of aryl methyl sites for hydroxylation is 2. The number of carbonyl (C=O) groups is 1. The van der Waals surface area contributed by atoms with Crippen molar-refractivity contribution in [3.8, 4) is 11.5 Å². The van der Waals surface area contributed by atoms with E-state index in [0.29, 0.717) is 27.1 Å². The number of rotatable bonds is 7. The lowest BCUT2D eigenvalue weighted by Gasteiger charge is -2.16. The average molecular weight is 665 g/mol. The van der Waals surface area contributed by atoms with Gasteiger partial charge in [-0.25, -0.2) is 9.38 Å². The molecule has 0 unspecified atom stereocenters. The monoisotopic (exact) mass is 664 g/mol. The molecule has 1 amide bonds. The first-order valence-corrected chi connectivity index (χ1v) is 14.4. The quantitative estimate of drug-likeness (QED) is 0.147. The van der Waals surface area contributed by atoms with Crippen molar-refractivity contribution in [2.75, 3.05) is 12.0 Å². The summed E-state index contributed by atoms with van der Waals surface area (Å²) in [5.41, 5.74) is 5.28. The van der Waals surface area contributed by atoms with Crippen molar-refractivity contribution in [3.05, 3.63) is 121 Å². The highest BCUT2D eigenvalue weighted by Crippen LogP contribution is 2.40. The van der Waals surface area contributed by atoms with Crippen molar-refractivity contribution in [2.45, 2.75) is 20.5 Å². The fraction of sp³-hybridized carbons (Fsp3) is 0.125. The number of benzene rings is 4. The van der Waals surface area contributed by atoms with Gasteiger partial charge in [-0.2, -0.15) is 0 Å². The zero-order valence-electron chi connectivity index (χ0n) is 22.2. The number of halogens is 2. The number of thioether (sulfide) groups is 1. The molecule has 0 aliphatic carbocycles. The summed E-state index contributed by atoms with van der Waals surface area (Å²) < 4.78 is 26.0. The number of aliphatic imine (C=N–C) groups is 1. The third-order valence-corrected chi connectivity index (χ3v) is 7.95. The van der Waals surface area contributed by atoms with Crippen molar-refractivity contribution in [1.29, 1.82) is 0 Å². The Balaban J connectivity index is 1.47. The maximum atomic E-state index is 13.7. The minimum Gasteiger partial charge on any atom is -0.493 e. The van der Waals surface area contributed by atoms with Crippen LogP contribution in [0.3, 0.4) is 0 Å². The fourth-order valence-electron chi connectivity index (χ4n) is 4.10. The number of carbonyl (C=O) groups excluding carboxylic acids is 1. The number of amides is 1.